The Bertz CT molecular complexity index is 503. The number of hydrogen-bond donors (Lipinski definition) is 2. The van der Waals surface area contributed by atoms with Crippen LogP contribution in [0, 0.1) is 0 Å². The summed E-state index contributed by atoms with van der Waals surface area (Å²) in [6.07, 6.45) is 1.84. The first-order chi connectivity index (χ1) is 8.28. The van der Waals surface area contributed by atoms with E-state index >= 15 is 0 Å². The van der Waals surface area contributed by atoms with Crippen LogP contribution in [0.4, 0.5) is 0 Å². The quantitative estimate of drug-likeness (QED) is 0.840. The smallest absolute Gasteiger partial charge is 0.242 e. The van der Waals surface area contributed by atoms with Gasteiger partial charge in [-0.3, -0.25) is 0 Å². The first kappa shape index (κ1) is 15.8. The van der Waals surface area contributed by atoms with Crippen molar-refractivity contribution in [1.82, 2.24) is 4.72 Å². The van der Waals surface area contributed by atoms with E-state index in [0.29, 0.717) is 5.75 Å². The molecule has 2 N–H and O–H groups in total. The number of rotatable bonds is 6. The number of benzene rings is 1. The predicted octanol–water partition coefficient (Wildman–Crippen LogP) is 1.73. The summed E-state index contributed by atoms with van der Waals surface area (Å²) in [5.41, 5.74) is -1.09. The minimum atomic E-state index is -3.69. The van der Waals surface area contributed by atoms with Crippen molar-refractivity contribution in [2.75, 3.05) is 18.6 Å². The lowest BCUT2D eigenvalue weighted by Crippen LogP contribution is -2.42. The molecule has 7 heteroatoms. The van der Waals surface area contributed by atoms with E-state index in [1.807, 2.05) is 6.26 Å². The third-order valence-electron chi connectivity index (χ3n) is 2.22. The Kier molecular flexibility index (Phi) is 5.48. The third kappa shape index (κ3) is 4.44. The van der Waals surface area contributed by atoms with Gasteiger partial charge in [0.15, 0.2) is 0 Å². The highest BCUT2D eigenvalue weighted by Crippen LogP contribution is 2.20. The van der Waals surface area contributed by atoms with E-state index in [2.05, 4.69) is 4.72 Å². The van der Waals surface area contributed by atoms with Crippen molar-refractivity contribution in [2.45, 2.75) is 17.4 Å². The van der Waals surface area contributed by atoms with Crippen LogP contribution in [0.25, 0.3) is 0 Å². The summed E-state index contributed by atoms with van der Waals surface area (Å²) in [6, 6.07) is 6.19. The Morgan fingerprint density at radius 1 is 1.44 bits per heavy atom. The molecule has 0 bridgehead atoms. The van der Waals surface area contributed by atoms with Crippen molar-refractivity contribution < 1.29 is 13.5 Å². The Morgan fingerprint density at radius 2 is 2.06 bits per heavy atom. The molecule has 102 valence electrons. The number of aliphatic hydroxyl groups is 1. The molecular formula is C11H16ClNO3S2. The molecule has 0 saturated carbocycles. The summed E-state index contributed by atoms with van der Waals surface area (Å²) in [6.45, 7) is 1.53. The van der Waals surface area contributed by atoms with E-state index in [0.717, 1.165) is 0 Å². The second-order valence-electron chi connectivity index (χ2n) is 4.18. The number of thioether (sulfide) groups is 1. The summed E-state index contributed by atoms with van der Waals surface area (Å²) in [5.74, 6) is 0.443. The van der Waals surface area contributed by atoms with Gasteiger partial charge < -0.3 is 5.11 Å². The van der Waals surface area contributed by atoms with E-state index in [1.54, 1.807) is 19.1 Å². The van der Waals surface area contributed by atoms with Crippen LogP contribution in [0.2, 0.25) is 5.02 Å². The summed E-state index contributed by atoms with van der Waals surface area (Å²) < 4.78 is 26.3. The molecule has 0 amide bonds. The van der Waals surface area contributed by atoms with Crippen LogP contribution in [0.1, 0.15) is 6.92 Å². The zero-order valence-corrected chi connectivity index (χ0v) is 12.6. The van der Waals surface area contributed by atoms with Crippen LogP contribution in [0.15, 0.2) is 29.2 Å². The van der Waals surface area contributed by atoms with Gasteiger partial charge in [0.25, 0.3) is 0 Å². The van der Waals surface area contributed by atoms with Gasteiger partial charge in [0.05, 0.1) is 10.6 Å². The van der Waals surface area contributed by atoms with Crippen molar-refractivity contribution in [3.8, 4) is 0 Å². The number of nitrogens with one attached hydrogen (secondary N) is 1. The van der Waals surface area contributed by atoms with E-state index in [9.17, 15) is 13.5 Å². The SMILES string of the molecule is CSCC(C)(O)CNS(=O)(=O)c1ccccc1Cl. The van der Waals surface area contributed by atoms with Crippen molar-refractivity contribution in [1.29, 1.82) is 0 Å². The summed E-state index contributed by atoms with van der Waals surface area (Å²) in [5, 5.41) is 10.1. The number of hydrogen-bond acceptors (Lipinski definition) is 4. The zero-order chi connectivity index (χ0) is 13.8. The van der Waals surface area contributed by atoms with Gasteiger partial charge in [-0.2, -0.15) is 11.8 Å². The highest BCUT2D eigenvalue weighted by molar-refractivity contribution is 7.98. The first-order valence-corrected chi connectivity index (χ1v) is 8.49. The predicted molar refractivity (Wildman–Crippen MR) is 75.6 cm³/mol. The largest absolute Gasteiger partial charge is 0.388 e. The summed E-state index contributed by atoms with van der Waals surface area (Å²) >= 11 is 7.28. The van der Waals surface area contributed by atoms with Gasteiger partial charge in [0.2, 0.25) is 10.0 Å². The molecule has 0 radical (unpaired) electrons. The Hall–Kier alpha value is -0.270. The monoisotopic (exact) mass is 309 g/mol. The van der Waals surface area contributed by atoms with Crippen LogP contribution in [0.3, 0.4) is 0 Å². The lowest BCUT2D eigenvalue weighted by Gasteiger charge is -2.22. The van der Waals surface area contributed by atoms with Gasteiger partial charge >= 0.3 is 0 Å². The van der Waals surface area contributed by atoms with E-state index in [-0.39, 0.29) is 16.5 Å². The van der Waals surface area contributed by atoms with Gasteiger partial charge in [0, 0.05) is 12.3 Å². The fraction of sp³-hybridized carbons (Fsp3) is 0.455. The molecule has 0 heterocycles. The van der Waals surface area contributed by atoms with Crippen LogP contribution in [-0.4, -0.2) is 37.7 Å². The van der Waals surface area contributed by atoms with E-state index < -0.39 is 15.6 Å². The summed E-state index contributed by atoms with van der Waals surface area (Å²) in [4.78, 5) is 0.0200. The maximum Gasteiger partial charge on any atom is 0.242 e. The number of sulfonamides is 1. The Labute approximate surface area is 117 Å². The van der Waals surface area contributed by atoms with Gasteiger partial charge in [0.1, 0.15) is 4.90 Å². The standard InChI is InChI=1S/C11H16ClNO3S2/c1-11(14,8-17-2)7-13-18(15,16)10-6-4-3-5-9(10)12/h3-6,13-14H,7-8H2,1-2H3. The minimum absolute atomic E-state index is 0.0200. The molecule has 1 atom stereocenters. The van der Waals surface area contributed by atoms with Crippen LogP contribution in [-0.2, 0) is 10.0 Å². The molecule has 1 rings (SSSR count). The molecule has 0 spiro atoms. The highest BCUT2D eigenvalue weighted by Gasteiger charge is 2.24. The van der Waals surface area contributed by atoms with Gasteiger partial charge in [-0.05, 0) is 25.3 Å². The molecule has 18 heavy (non-hydrogen) atoms. The molecule has 0 saturated heterocycles. The van der Waals surface area contributed by atoms with Gasteiger partial charge in [-0.25, -0.2) is 13.1 Å². The molecular weight excluding hydrogens is 294 g/mol. The van der Waals surface area contributed by atoms with E-state index in [1.165, 1.54) is 23.9 Å². The average molecular weight is 310 g/mol. The van der Waals surface area contributed by atoms with Crippen LogP contribution < -0.4 is 4.72 Å². The lowest BCUT2D eigenvalue weighted by molar-refractivity contribution is 0.0908. The third-order valence-corrected chi connectivity index (χ3v) is 5.04. The molecule has 0 aromatic heterocycles. The van der Waals surface area contributed by atoms with Gasteiger partial charge in [-0.15, -0.1) is 0 Å². The van der Waals surface area contributed by atoms with E-state index in [4.69, 9.17) is 11.6 Å². The molecule has 1 aromatic carbocycles. The van der Waals surface area contributed by atoms with Crippen molar-refractivity contribution in [2.24, 2.45) is 0 Å². The molecule has 4 nitrogen and oxygen atoms in total. The van der Waals surface area contributed by atoms with Crippen molar-refractivity contribution >= 4 is 33.4 Å². The fourth-order valence-corrected chi connectivity index (χ4v) is 3.76. The molecule has 0 aliphatic carbocycles. The first-order valence-electron chi connectivity index (χ1n) is 5.24. The maximum atomic E-state index is 12.0. The maximum absolute atomic E-state index is 12.0. The van der Waals surface area contributed by atoms with Crippen molar-refractivity contribution in [3.05, 3.63) is 29.3 Å². The Balaban J connectivity index is 2.81. The highest BCUT2D eigenvalue weighted by atomic mass is 35.5. The normalized spacial score (nSPS) is 15.3. The van der Waals surface area contributed by atoms with Crippen molar-refractivity contribution in [3.63, 3.8) is 0 Å². The lowest BCUT2D eigenvalue weighted by atomic mass is 10.1. The molecule has 0 aliphatic rings. The van der Waals surface area contributed by atoms with Crippen LogP contribution in [0.5, 0.6) is 0 Å². The minimum Gasteiger partial charge on any atom is -0.388 e. The zero-order valence-electron chi connectivity index (χ0n) is 10.2. The second kappa shape index (κ2) is 6.25. The number of halogens is 1. The second-order valence-corrected chi connectivity index (χ2v) is 7.19. The average Bonchev–Trinajstić information content (AvgIpc) is 2.27. The molecule has 1 aromatic rings. The summed E-state index contributed by atoms with van der Waals surface area (Å²) in [7, 11) is -3.69. The fourth-order valence-electron chi connectivity index (χ4n) is 1.35. The van der Waals surface area contributed by atoms with Gasteiger partial charge in [-0.1, -0.05) is 23.7 Å². The van der Waals surface area contributed by atoms with Crippen LogP contribution >= 0.6 is 23.4 Å². The Morgan fingerprint density at radius 3 is 2.61 bits per heavy atom. The molecule has 1 unspecified atom stereocenters. The topological polar surface area (TPSA) is 66.4 Å². The molecule has 0 aliphatic heterocycles. The molecule has 0 fully saturated rings.